The first-order valence-corrected chi connectivity index (χ1v) is 7.30. The fraction of sp³-hybridized carbons (Fsp3) is 0.286. The smallest absolute Gasteiger partial charge is 0.137 e. The average molecular weight is 335 g/mol. The predicted octanol–water partition coefficient (Wildman–Crippen LogP) is 1.17. The third-order valence-corrected chi connectivity index (χ3v) is 3.50. The molecule has 0 spiro atoms. The van der Waals surface area contributed by atoms with Gasteiger partial charge in [0, 0.05) is 17.9 Å². The van der Waals surface area contributed by atoms with Gasteiger partial charge in [0.1, 0.15) is 42.3 Å². The second-order valence-corrected chi connectivity index (χ2v) is 5.62. The lowest BCUT2D eigenvalue weighted by Gasteiger charge is -2.26. The van der Waals surface area contributed by atoms with Crippen LogP contribution in [0.15, 0.2) is 36.9 Å². The van der Waals surface area contributed by atoms with Crippen molar-refractivity contribution in [3.05, 3.63) is 53.6 Å². The van der Waals surface area contributed by atoms with E-state index in [-0.39, 0.29) is 19.4 Å². The molecule has 0 atom stereocenters. The fourth-order valence-corrected chi connectivity index (χ4v) is 2.29. The maximum Gasteiger partial charge on any atom is 0.137 e. The van der Waals surface area contributed by atoms with Gasteiger partial charge < -0.3 is 9.84 Å². The molecule has 1 aromatic carbocycles. The summed E-state index contributed by atoms with van der Waals surface area (Å²) >= 11 is 5.85. The number of rotatable bonds is 7. The zero-order valence-corrected chi connectivity index (χ0v) is 12.9. The summed E-state index contributed by atoms with van der Waals surface area (Å²) in [5.74, 6) is 1.74. The highest BCUT2D eigenvalue weighted by Gasteiger charge is 2.31. The van der Waals surface area contributed by atoms with Crippen LogP contribution in [-0.4, -0.2) is 47.7 Å². The molecule has 0 fully saturated rings. The Labute approximate surface area is 136 Å². The summed E-state index contributed by atoms with van der Waals surface area (Å²) in [5, 5.41) is 24.6. The number of benzene rings is 1. The van der Waals surface area contributed by atoms with Crippen molar-refractivity contribution in [2.75, 3.05) is 6.61 Å². The van der Waals surface area contributed by atoms with Crippen LogP contribution >= 0.6 is 11.6 Å². The molecular formula is C14H15ClN6O2. The Morgan fingerprint density at radius 2 is 1.57 bits per heavy atom. The van der Waals surface area contributed by atoms with E-state index in [1.165, 1.54) is 12.7 Å². The van der Waals surface area contributed by atoms with Gasteiger partial charge >= 0.3 is 0 Å². The molecule has 0 saturated carbocycles. The summed E-state index contributed by atoms with van der Waals surface area (Å²) in [4.78, 5) is 8.10. The van der Waals surface area contributed by atoms with E-state index in [1.807, 2.05) is 0 Å². The molecule has 23 heavy (non-hydrogen) atoms. The number of H-pyrrole nitrogens is 2. The molecule has 3 N–H and O–H groups in total. The van der Waals surface area contributed by atoms with Crippen LogP contribution in [0.5, 0.6) is 5.75 Å². The number of aliphatic hydroxyl groups is 1. The Bertz CT molecular complexity index is 678. The summed E-state index contributed by atoms with van der Waals surface area (Å²) in [6.07, 6.45) is 3.26. The van der Waals surface area contributed by atoms with Crippen LogP contribution in [0.25, 0.3) is 0 Å². The molecule has 0 radical (unpaired) electrons. The summed E-state index contributed by atoms with van der Waals surface area (Å²) in [5.41, 5.74) is -1.22. The van der Waals surface area contributed by atoms with Crippen LogP contribution in [0.2, 0.25) is 5.02 Å². The minimum atomic E-state index is -1.22. The molecule has 120 valence electrons. The van der Waals surface area contributed by atoms with Crippen LogP contribution in [0.1, 0.15) is 11.6 Å². The second kappa shape index (κ2) is 6.76. The molecule has 0 saturated heterocycles. The van der Waals surface area contributed by atoms with Crippen molar-refractivity contribution in [1.82, 2.24) is 30.4 Å². The van der Waals surface area contributed by atoms with Gasteiger partial charge in [-0.15, -0.1) is 0 Å². The highest BCUT2D eigenvalue weighted by atomic mass is 35.5. The quantitative estimate of drug-likeness (QED) is 0.598. The van der Waals surface area contributed by atoms with Gasteiger partial charge in [-0.25, -0.2) is 9.97 Å². The van der Waals surface area contributed by atoms with Gasteiger partial charge in [0.2, 0.25) is 0 Å². The minimum Gasteiger partial charge on any atom is -0.491 e. The molecule has 8 nitrogen and oxygen atoms in total. The van der Waals surface area contributed by atoms with E-state index in [0.29, 0.717) is 22.4 Å². The molecule has 2 heterocycles. The first kappa shape index (κ1) is 15.4. The van der Waals surface area contributed by atoms with E-state index >= 15 is 0 Å². The Morgan fingerprint density at radius 1 is 1.00 bits per heavy atom. The SMILES string of the molecule is OC(COc1ccc(Cl)cc1)(Cc1ncn[nH]1)Cc1ncn[nH]1. The molecule has 0 aliphatic heterocycles. The van der Waals surface area contributed by atoms with Gasteiger partial charge in [-0.1, -0.05) is 11.6 Å². The number of nitrogens with one attached hydrogen (secondary N) is 2. The van der Waals surface area contributed by atoms with Crippen LogP contribution in [0.3, 0.4) is 0 Å². The third kappa shape index (κ3) is 4.27. The molecule has 0 aliphatic rings. The molecule has 0 amide bonds. The first-order valence-electron chi connectivity index (χ1n) is 6.92. The highest BCUT2D eigenvalue weighted by molar-refractivity contribution is 6.30. The van der Waals surface area contributed by atoms with Crippen molar-refractivity contribution < 1.29 is 9.84 Å². The maximum absolute atomic E-state index is 10.9. The molecule has 2 aromatic heterocycles. The summed E-state index contributed by atoms with van der Waals surface area (Å²) in [7, 11) is 0. The van der Waals surface area contributed by atoms with Gasteiger partial charge in [0.15, 0.2) is 0 Å². The molecule has 9 heteroatoms. The lowest BCUT2D eigenvalue weighted by Crippen LogP contribution is -2.41. The van der Waals surface area contributed by atoms with Crippen LogP contribution in [0, 0.1) is 0 Å². The molecular weight excluding hydrogens is 320 g/mol. The van der Waals surface area contributed by atoms with Gasteiger partial charge in [0.05, 0.1) is 0 Å². The summed E-state index contributed by atoms with van der Waals surface area (Å²) in [6, 6.07) is 6.93. The fourth-order valence-electron chi connectivity index (χ4n) is 2.17. The topological polar surface area (TPSA) is 113 Å². The number of halogens is 1. The standard InChI is InChI=1S/C14H15ClN6O2/c15-10-1-3-11(4-2-10)23-7-14(22,5-12-16-8-18-20-12)6-13-17-9-19-21-13/h1-4,8-9,22H,5-7H2,(H,16,18,20)(H,17,19,21). The van der Waals surface area contributed by atoms with E-state index in [1.54, 1.807) is 24.3 Å². The summed E-state index contributed by atoms with van der Waals surface area (Å²) < 4.78 is 5.69. The van der Waals surface area contributed by atoms with Crippen molar-refractivity contribution in [3.63, 3.8) is 0 Å². The number of ether oxygens (including phenoxy) is 1. The molecule has 0 aliphatic carbocycles. The largest absolute Gasteiger partial charge is 0.491 e. The van der Waals surface area contributed by atoms with E-state index in [0.717, 1.165) is 0 Å². The molecule has 3 aromatic rings. The third-order valence-electron chi connectivity index (χ3n) is 3.24. The zero-order chi connectivity index (χ0) is 16.1. The monoisotopic (exact) mass is 334 g/mol. The minimum absolute atomic E-state index is 0.0516. The Kier molecular flexibility index (Phi) is 4.54. The lowest BCUT2D eigenvalue weighted by molar-refractivity contribution is -0.00737. The van der Waals surface area contributed by atoms with E-state index in [2.05, 4.69) is 30.4 Å². The first-order chi connectivity index (χ1) is 11.1. The second-order valence-electron chi connectivity index (χ2n) is 5.18. The van der Waals surface area contributed by atoms with Crippen molar-refractivity contribution in [1.29, 1.82) is 0 Å². The Balaban J connectivity index is 1.72. The van der Waals surface area contributed by atoms with E-state index in [4.69, 9.17) is 16.3 Å². The van der Waals surface area contributed by atoms with E-state index in [9.17, 15) is 5.11 Å². The van der Waals surface area contributed by atoms with Crippen LogP contribution in [0.4, 0.5) is 0 Å². The molecule has 3 rings (SSSR count). The number of aromatic amines is 2. The van der Waals surface area contributed by atoms with Gasteiger partial charge in [-0.05, 0) is 24.3 Å². The number of hydrogen-bond donors (Lipinski definition) is 3. The zero-order valence-electron chi connectivity index (χ0n) is 12.1. The lowest BCUT2D eigenvalue weighted by atomic mass is 9.95. The van der Waals surface area contributed by atoms with Crippen LogP contribution in [-0.2, 0) is 12.8 Å². The van der Waals surface area contributed by atoms with Gasteiger partial charge in [-0.3, -0.25) is 10.2 Å². The van der Waals surface area contributed by atoms with Gasteiger partial charge in [0.25, 0.3) is 0 Å². The number of aromatic nitrogens is 6. The van der Waals surface area contributed by atoms with Crippen molar-refractivity contribution in [2.45, 2.75) is 18.4 Å². The van der Waals surface area contributed by atoms with Crippen molar-refractivity contribution >= 4 is 11.6 Å². The van der Waals surface area contributed by atoms with Crippen molar-refractivity contribution in [2.24, 2.45) is 0 Å². The molecule has 0 unspecified atom stereocenters. The Morgan fingerprint density at radius 3 is 2.04 bits per heavy atom. The maximum atomic E-state index is 10.9. The van der Waals surface area contributed by atoms with Gasteiger partial charge in [-0.2, -0.15) is 10.2 Å². The van der Waals surface area contributed by atoms with Crippen LogP contribution < -0.4 is 4.74 Å². The number of nitrogens with zero attached hydrogens (tertiary/aromatic N) is 4. The average Bonchev–Trinajstić information content (AvgIpc) is 3.21. The Hall–Kier alpha value is -2.45. The van der Waals surface area contributed by atoms with E-state index < -0.39 is 5.60 Å². The number of hydrogen-bond acceptors (Lipinski definition) is 6. The highest BCUT2D eigenvalue weighted by Crippen LogP contribution is 2.20. The van der Waals surface area contributed by atoms with Crippen molar-refractivity contribution in [3.8, 4) is 5.75 Å². The molecule has 0 bridgehead atoms. The summed E-state index contributed by atoms with van der Waals surface area (Å²) in [6.45, 7) is 0.0516. The predicted molar refractivity (Wildman–Crippen MR) is 82.1 cm³/mol. The normalized spacial score (nSPS) is 11.6.